The number of allylic oxidation sites excluding steroid dienone is 16. The molecular weight excluding hydrogens is 877 g/mol. The fourth-order valence-electron chi connectivity index (χ4n) is 8.13. The number of unbranched alkanes of at least 4 members (excludes halogenated alkanes) is 26. The van der Waals surface area contributed by atoms with E-state index in [0.29, 0.717) is 19.3 Å². The van der Waals surface area contributed by atoms with Crippen LogP contribution >= 0.6 is 0 Å². The van der Waals surface area contributed by atoms with Gasteiger partial charge in [-0.15, -0.1) is 0 Å². The Kier molecular flexibility index (Phi) is 55.9. The van der Waals surface area contributed by atoms with E-state index in [2.05, 4.69) is 118 Å². The highest BCUT2D eigenvalue weighted by molar-refractivity contribution is 5.71. The molecule has 71 heavy (non-hydrogen) atoms. The van der Waals surface area contributed by atoms with Crippen molar-refractivity contribution in [1.29, 1.82) is 0 Å². The summed E-state index contributed by atoms with van der Waals surface area (Å²) in [5.74, 6) is -0.956. The van der Waals surface area contributed by atoms with Crippen LogP contribution < -0.4 is 0 Å². The maximum atomic E-state index is 12.9. The van der Waals surface area contributed by atoms with Crippen LogP contribution in [0.4, 0.5) is 0 Å². The Labute approximate surface area is 438 Å². The van der Waals surface area contributed by atoms with Crippen molar-refractivity contribution in [3.63, 3.8) is 0 Å². The van der Waals surface area contributed by atoms with Crippen molar-refractivity contribution in [3.8, 4) is 0 Å². The van der Waals surface area contributed by atoms with Crippen LogP contribution in [0.5, 0.6) is 0 Å². The molecule has 0 saturated carbocycles. The van der Waals surface area contributed by atoms with E-state index in [9.17, 15) is 14.4 Å². The molecule has 0 aromatic heterocycles. The Morgan fingerprint density at radius 3 is 0.930 bits per heavy atom. The van der Waals surface area contributed by atoms with Crippen molar-refractivity contribution in [2.75, 3.05) is 13.2 Å². The zero-order chi connectivity index (χ0) is 51.4. The summed E-state index contributed by atoms with van der Waals surface area (Å²) in [5, 5.41) is 0. The minimum absolute atomic E-state index is 0.0954. The Balaban J connectivity index is 4.46. The van der Waals surface area contributed by atoms with Gasteiger partial charge in [0, 0.05) is 19.3 Å². The maximum absolute atomic E-state index is 12.9. The summed E-state index contributed by atoms with van der Waals surface area (Å²) in [5.41, 5.74) is 0. The first-order valence-electron chi connectivity index (χ1n) is 29.7. The summed E-state index contributed by atoms with van der Waals surface area (Å²) in [6, 6.07) is 0. The molecule has 0 amide bonds. The second-order valence-corrected chi connectivity index (χ2v) is 19.5. The van der Waals surface area contributed by atoms with Crippen LogP contribution in [0.1, 0.15) is 278 Å². The molecule has 0 fully saturated rings. The Morgan fingerprint density at radius 2 is 0.563 bits per heavy atom. The molecule has 0 spiro atoms. The molecule has 0 rings (SSSR count). The van der Waals surface area contributed by atoms with Crippen LogP contribution in [0.3, 0.4) is 0 Å². The first kappa shape index (κ1) is 67.3. The normalized spacial score (nSPS) is 12.8. The monoisotopic (exact) mass is 987 g/mol. The van der Waals surface area contributed by atoms with E-state index >= 15 is 0 Å². The molecule has 0 saturated heterocycles. The first-order chi connectivity index (χ1) is 35.0. The number of carbonyl (C=O) groups is 3. The standard InChI is InChI=1S/C65H110O6/c1-4-7-10-13-16-19-22-25-27-29-30-31-32-33-34-36-37-40-43-46-49-52-55-58-64(67)70-61-62(60-69-63(66)57-54-51-48-45-42-39-24-21-18-15-12-9-6-3)71-65(68)59-56-53-50-47-44-41-38-35-28-26-23-20-17-14-11-8-5-2/h7,10,16,19,25-28,30-31,33-34,37,40,46,49,62H,4-6,8-9,11-15,17-18,20-24,29,32,35-36,38-39,41-45,47-48,50-61H2,1-3H3/b10-7-,19-16-,27-25-,28-26-,31-30-,34-33-,40-37-,49-46-. The largest absolute Gasteiger partial charge is 0.462 e. The summed E-state index contributed by atoms with van der Waals surface area (Å²) in [6.07, 6.45) is 78.3. The molecule has 0 aromatic rings. The Morgan fingerprint density at radius 1 is 0.296 bits per heavy atom. The van der Waals surface area contributed by atoms with Crippen LogP contribution in [0, 0.1) is 0 Å². The molecule has 0 aromatic carbocycles. The highest BCUT2D eigenvalue weighted by Crippen LogP contribution is 2.15. The molecule has 406 valence electrons. The fourth-order valence-corrected chi connectivity index (χ4v) is 8.13. The average Bonchev–Trinajstić information content (AvgIpc) is 3.37. The molecule has 1 atom stereocenters. The van der Waals surface area contributed by atoms with E-state index in [0.717, 1.165) is 89.9 Å². The minimum Gasteiger partial charge on any atom is -0.462 e. The number of hydrogen-bond donors (Lipinski definition) is 0. The summed E-state index contributed by atoms with van der Waals surface area (Å²) < 4.78 is 16.8. The maximum Gasteiger partial charge on any atom is 0.306 e. The van der Waals surface area contributed by atoms with Gasteiger partial charge in [0.15, 0.2) is 6.10 Å². The number of ether oxygens (including phenoxy) is 3. The molecular formula is C65H110O6. The van der Waals surface area contributed by atoms with Crippen LogP contribution in [0.15, 0.2) is 97.2 Å². The molecule has 0 N–H and O–H groups in total. The number of carbonyl (C=O) groups excluding carboxylic acids is 3. The molecule has 0 aliphatic carbocycles. The van der Waals surface area contributed by atoms with Gasteiger partial charge in [-0.2, -0.15) is 0 Å². The van der Waals surface area contributed by atoms with E-state index in [1.165, 1.54) is 141 Å². The van der Waals surface area contributed by atoms with Gasteiger partial charge >= 0.3 is 17.9 Å². The van der Waals surface area contributed by atoms with Crippen LogP contribution in [-0.4, -0.2) is 37.2 Å². The fraction of sp³-hybridized carbons (Fsp3) is 0.708. The van der Waals surface area contributed by atoms with Crippen molar-refractivity contribution in [1.82, 2.24) is 0 Å². The molecule has 0 heterocycles. The van der Waals surface area contributed by atoms with Gasteiger partial charge < -0.3 is 14.2 Å². The number of hydrogen-bond acceptors (Lipinski definition) is 6. The molecule has 0 aliphatic rings. The third-order valence-electron chi connectivity index (χ3n) is 12.6. The minimum atomic E-state index is -0.803. The van der Waals surface area contributed by atoms with Gasteiger partial charge in [-0.25, -0.2) is 0 Å². The van der Waals surface area contributed by atoms with Crippen LogP contribution in [0.25, 0.3) is 0 Å². The SMILES string of the molecule is CC/C=C\C/C=C\C/C=C\C/C=C\C/C=C\C/C=C\C/C=C\CCCC(=O)OCC(COC(=O)CCCCCCCCCCCCCCC)OC(=O)CCCCCCCCC/C=C\CCCCCCCC. The van der Waals surface area contributed by atoms with Crippen molar-refractivity contribution in [3.05, 3.63) is 97.2 Å². The third-order valence-corrected chi connectivity index (χ3v) is 12.6. The van der Waals surface area contributed by atoms with Crippen molar-refractivity contribution in [2.24, 2.45) is 0 Å². The summed E-state index contributed by atoms with van der Waals surface area (Å²) in [6.45, 7) is 6.48. The Bertz CT molecular complexity index is 1410. The lowest BCUT2D eigenvalue weighted by Gasteiger charge is -2.18. The molecule has 0 bridgehead atoms. The number of rotatable bonds is 53. The summed E-state index contributed by atoms with van der Waals surface area (Å²) in [4.78, 5) is 38.2. The lowest BCUT2D eigenvalue weighted by molar-refractivity contribution is -0.167. The average molecular weight is 988 g/mol. The predicted molar refractivity (Wildman–Crippen MR) is 307 cm³/mol. The lowest BCUT2D eigenvalue weighted by atomic mass is 10.0. The molecule has 0 aliphatic heterocycles. The van der Waals surface area contributed by atoms with Crippen LogP contribution in [0.2, 0.25) is 0 Å². The molecule has 6 heteroatoms. The first-order valence-corrected chi connectivity index (χ1v) is 29.7. The van der Waals surface area contributed by atoms with Crippen molar-refractivity contribution >= 4 is 17.9 Å². The van der Waals surface area contributed by atoms with E-state index in [4.69, 9.17) is 14.2 Å². The lowest BCUT2D eigenvalue weighted by Crippen LogP contribution is -2.30. The van der Waals surface area contributed by atoms with Crippen molar-refractivity contribution < 1.29 is 28.6 Å². The van der Waals surface area contributed by atoms with Crippen molar-refractivity contribution in [2.45, 2.75) is 284 Å². The van der Waals surface area contributed by atoms with Gasteiger partial charge in [0.25, 0.3) is 0 Å². The number of esters is 3. The van der Waals surface area contributed by atoms with Crippen LogP contribution in [-0.2, 0) is 28.6 Å². The van der Waals surface area contributed by atoms with E-state index < -0.39 is 6.10 Å². The highest BCUT2D eigenvalue weighted by Gasteiger charge is 2.19. The van der Waals surface area contributed by atoms with Gasteiger partial charge in [0.2, 0.25) is 0 Å². The van der Waals surface area contributed by atoms with Gasteiger partial charge in [-0.3, -0.25) is 14.4 Å². The zero-order valence-corrected chi connectivity index (χ0v) is 46.5. The predicted octanol–water partition coefficient (Wildman–Crippen LogP) is 20.1. The second-order valence-electron chi connectivity index (χ2n) is 19.5. The van der Waals surface area contributed by atoms with Gasteiger partial charge in [-0.1, -0.05) is 259 Å². The van der Waals surface area contributed by atoms with Gasteiger partial charge in [0.05, 0.1) is 0 Å². The summed E-state index contributed by atoms with van der Waals surface area (Å²) >= 11 is 0. The smallest absolute Gasteiger partial charge is 0.306 e. The molecule has 0 radical (unpaired) electrons. The molecule has 6 nitrogen and oxygen atoms in total. The topological polar surface area (TPSA) is 78.9 Å². The van der Waals surface area contributed by atoms with E-state index in [1.807, 2.05) is 0 Å². The second kappa shape index (κ2) is 58.9. The highest BCUT2D eigenvalue weighted by atomic mass is 16.6. The quantitative estimate of drug-likeness (QED) is 0.0261. The van der Waals surface area contributed by atoms with Gasteiger partial charge in [-0.05, 0) is 96.3 Å². The zero-order valence-electron chi connectivity index (χ0n) is 46.5. The van der Waals surface area contributed by atoms with Gasteiger partial charge in [0.1, 0.15) is 13.2 Å². The summed E-state index contributed by atoms with van der Waals surface area (Å²) in [7, 11) is 0. The Hall–Kier alpha value is -3.67. The molecule has 1 unspecified atom stereocenters. The third kappa shape index (κ3) is 57.1. The van der Waals surface area contributed by atoms with E-state index in [-0.39, 0.29) is 37.5 Å². The van der Waals surface area contributed by atoms with E-state index in [1.54, 1.807) is 0 Å².